The third-order valence-corrected chi connectivity index (χ3v) is 6.12. The predicted octanol–water partition coefficient (Wildman–Crippen LogP) is 5.33. The Hall–Kier alpha value is -1.48. The number of ether oxygens (including phenoxy) is 1. The second kappa shape index (κ2) is 8.04. The van der Waals surface area contributed by atoms with Crippen molar-refractivity contribution in [3.8, 4) is 11.5 Å². The number of phenols is 1. The molecule has 26 heavy (non-hydrogen) atoms. The largest absolute Gasteiger partial charge is 0.508 e. The standard InChI is InChI=1S/C23H35NO2/c1-5-7-8-9-16-13-20(25)22-18-12-17(15-24-6-2)10-11-19(18)23(3,4)26-21(22)14-16/h10,13-14,18-19,24-25H,5-9,11-12,15H2,1-4H3/t18-,19-/m1/s1. The second-order valence-electron chi connectivity index (χ2n) is 8.48. The molecular weight excluding hydrogens is 322 g/mol. The summed E-state index contributed by atoms with van der Waals surface area (Å²) in [5.41, 5.74) is 3.49. The Labute approximate surface area is 158 Å². The molecule has 0 amide bonds. The van der Waals surface area contributed by atoms with Gasteiger partial charge in [-0.25, -0.2) is 0 Å². The fraction of sp³-hybridized carbons (Fsp3) is 0.652. The molecule has 0 saturated heterocycles. The van der Waals surface area contributed by atoms with Crippen LogP contribution in [-0.2, 0) is 6.42 Å². The summed E-state index contributed by atoms with van der Waals surface area (Å²) in [6, 6.07) is 4.17. The molecule has 0 fully saturated rings. The molecule has 0 aromatic heterocycles. The predicted molar refractivity (Wildman–Crippen MR) is 108 cm³/mol. The highest BCUT2D eigenvalue weighted by Crippen LogP contribution is 2.54. The van der Waals surface area contributed by atoms with Crippen LogP contribution in [-0.4, -0.2) is 23.8 Å². The van der Waals surface area contributed by atoms with Crippen molar-refractivity contribution in [2.45, 2.75) is 77.7 Å². The molecule has 1 aromatic carbocycles. The summed E-state index contributed by atoms with van der Waals surface area (Å²) < 4.78 is 6.43. The lowest BCUT2D eigenvalue weighted by Crippen LogP contribution is -2.45. The van der Waals surface area contributed by atoms with Crippen LogP contribution in [0, 0.1) is 5.92 Å². The van der Waals surface area contributed by atoms with Crippen LogP contribution >= 0.6 is 0 Å². The van der Waals surface area contributed by atoms with Crippen molar-refractivity contribution in [3.05, 3.63) is 34.9 Å². The number of fused-ring (bicyclic) bond motifs is 3. The first-order valence-electron chi connectivity index (χ1n) is 10.4. The van der Waals surface area contributed by atoms with Crippen LogP contribution in [0.15, 0.2) is 23.8 Å². The molecule has 2 atom stereocenters. The highest BCUT2D eigenvalue weighted by Gasteiger charge is 2.45. The van der Waals surface area contributed by atoms with E-state index in [1.165, 1.54) is 30.4 Å². The van der Waals surface area contributed by atoms with Gasteiger partial charge in [-0.1, -0.05) is 38.3 Å². The Bertz CT molecular complexity index is 662. The minimum absolute atomic E-state index is 0.202. The van der Waals surface area contributed by atoms with Crippen molar-refractivity contribution in [1.82, 2.24) is 5.32 Å². The van der Waals surface area contributed by atoms with Gasteiger partial charge in [-0.2, -0.15) is 0 Å². The van der Waals surface area contributed by atoms with Gasteiger partial charge in [-0.15, -0.1) is 0 Å². The maximum Gasteiger partial charge on any atom is 0.127 e. The van der Waals surface area contributed by atoms with Gasteiger partial charge in [-0.3, -0.25) is 0 Å². The number of aromatic hydroxyl groups is 1. The molecule has 3 rings (SSSR count). The van der Waals surface area contributed by atoms with Crippen LogP contribution in [0.3, 0.4) is 0 Å². The van der Waals surface area contributed by atoms with E-state index in [0.717, 1.165) is 43.7 Å². The molecule has 0 bridgehead atoms. The van der Waals surface area contributed by atoms with Gasteiger partial charge >= 0.3 is 0 Å². The number of allylic oxidation sites excluding steroid dienone is 1. The third-order valence-electron chi connectivity index (χ3n) is 6.12. The van der Waals surface area contributed by atoms with E-state index in [-0.39, 0.29) is 5.60 Å². The van der Waals surface area contributed by atoms with Gasteiger partial charge in [0.2, 0.25) is 0 Å². The van der Waals surface area contributed by atoms with Crippen LogP contribution in [0.5, 0.6) is 11.5 Å². The minimum atomic E-state index is -0.202. The second-order valence-corrected chi connectivity index (χ2v) is 8.48. The average Bonchev–Trinajstić information content (AvgIpc) is 2.59. The van der Waals surface area contributed by atoms with E-state index in [1.54, 1.807) is 0 Å². The Morgan fingerprint density at radius 3 is 2.77 bits per heavy atom. The summed E-state index contributed by atoms with van der Waals surface area (Å²) in [5, 5.41) is 14.3. The lowest BCUT2D eigenvalue weighted by Gasteiger charge is -2.47. The molecule has 0 radical (unpaired) electrons. The van der Waals surface area contributed by atoms with Gasteiger partial charge in [-0.05, 0) is 63.8 Å². The highest BCUT2D eigenvalue weighted by molar-refractivity contribution is 5.52. The summed E-state index contributed by atoms with van der Waals surface area (Å²) >= 11 is 0. The fourth-order valence-corrected chi connectivity index (χ4v) is 4.67. The van der Waals surface area contributed by atoms with E-state index in [0.29, 0.717) is 17.6 Å². The first-order valence-corrected chi connectivity index (χ1v) is 10.4. The van der Waals surface area contributed by atoms with Crippen molar-refractivity contribution in [2.75, 3.05) is 13.1 Å². The summed E-state index contributed by atoms with van der Waals surface area (Å²) in [5.74, 6) is 2.10. The summed E-state index contributed by atoms with van der Waals surface area (Å²) in [6.07, 6.45) is 9.04. The van der Waals surface area contributed by atoms with Gasteiger partial charge in [0.05, 0.1) is 0 Å². The van der Waals surface area contributed by atoms with E-state index in [1.807, 2.05) is 6.07 Å². The van der Waals surface area contributed by atoms with Crippen molar-refractivity contribution < 1.29 is 9.84 Å². The molecule has 2 N–H and O–H groups in total. The van der Waals surface area contributed by atoms with Gasteiger partial charge < -0.3 is 15.2 Å². The average molecular weight is 358 g/mol. The molecular formula is C23H35NO2. The molecule has 144 valence electrons. The normalized spacial score (nSPS) is 23.6. The molecule has 0 saturated carbocycles. The van der Waals surface area contributed by atoms with Crippen molar-refractivity contribution >= 4 is 0 Å². The van der Waals surface area contributed by atoms with Gasteiger partial charge in [0, 0.05) is 23.9 Å². The number of rotatable bonds is 7. The Morgan fingerprint density at radius 2 is 2.04 bits per heavy atom. The van der Waals surface area contributed by atoms with Gasteiger partial charge in [0.25, 0.3) is 0 Å². The summed E-state index contributed by atoms with van der Waals surface area (Å²) in [7, 11) is 0. The van der Waals surface area contributed by atoms with E-state index in [2.05, 4.69) is 45.2 Å². The fourth-order valence-electron chi connectivity index (χ4n) is 4.67. The van der Waals surface area contributed by atoms with Crippen LogP contribution in [0.1, 0.15) is 76.8 Å². The van der Waals surface area contributed by atoms with Crippen LogP contribution in [0.25, 0.3) is 0 Å². The maximum atomic E-state index is 10.9. The monoisotopic (exact) mass is 357 g/mol. The van der Waals surface area contributed by atoms with Crippen molar-refractivity contribution in [3.63, 3.8) is 0 Å². The SMILES string of the molecule is CCCCCc1cc(O)c2c(c1)OC(C)(C)[C@@H]1CC=C(CNCC)C[C@@H]21. The van der Waals surface area contributed by atoms with Crippen LogP contribution < -0.4 is 10.1 Å². The van der Waals surface area contributed by atoms with E-state index in [4.69, 9.17) is 4.74 Å². The smallest absolute Gasteiger partial charge is 0.127 e. The molecule has 1 heterocycles. The lowest BCUT2D eigenvalue weighted by molar-refractivity contribution is 0.00736. The zero-order valence-electron chi connectivity index (χ0n) is 16.9. The number of likely N-dealkylation sites (N-methyl/N-ethyl adjacent to an activating group) is 1. The molecule has 1 aliphatic heterocycles. The lowest BCUT2D eigenvalue weighted by atomic mass is 9.67. The van der Waals surface area contributed by atoms with Gasteiger partial charge in [0.15, 0.2) is 0 Å². The van der Waals surface area contributed by atoms with Crippen molar-refractivity contribution in [2.24, 2.45) is 5.92 Å². The number of benzene rings is 1. The Kier molecular flexibility index (Phi) is 5.96. The molecule has 1 aliphatic carbocycles. The first kappa shape index (κ1) is 19.3. The quantitative estimate of drug-likeness (QED) is 0.512. The highest BCUT2D eigenvalue weighted by atomic mass is 16.5. The zero-order valence-corrected chi connectivity index (χ0v) is 16.9. The number of hydrogen-bond donors (Lipinski definition) is 2. The maximum absolute atomic E-state index is 10.9. The van der Waals surface area contributed by atoms with Crippen LogP contribution in [0.2, 0.25) is 0 Å². The van der Waals surface area contributed by atoms with E-state index < -0.39 is 0 Å². The Balaban J connectivity index is 1.90. The molecule has 0 spiro atoms. The third kappa shape index (κ3) is 3.93. The number of unbranched alkanes of at least 4 members (excludes halogenated alkanes) is 2. The minimum Gasteiger partial charge on any atom is -0.508 e. The summed E-state index contributed by atoms with van der Waals surface area (Å²) in [4.78, 5) is 0. The summed E-state index contributed by atoms with van der Waals surface area (Å²) in [6.45, 7) is 10.7. The van der Waals surface area contributed by atoms with Gasteiger partial charge in [0.1, 0.15) is 17.1 Å². The number of phenolic OH excluding ortho intramolecular Hbond substituents is 1. The zero-order chi connectivity index (χ0) is 18.7. The molecule has 3 nitrogen and oxygen atoms in total. The molecule has 2 aliphatic rings. The first-order chi connectivity index (χ1) is 12.5. The molecule has 3 heteroatoms. The van der Waals surface area contributed by atoms with E-state index in [9.17, 15) is 5.11 Å². The van der Waals surface area contributed by atoms with E-state index >= 15 is 0 Å². The van der Waals surface area contributed by atoms with Crippen LogP contribution in [0.4, 0.5) is 0 Å². The molecule has 0 unspecified atom stereocenters. The number of aryl methyl sites for hydroxylation is 1. The van der Waals surface area contributed by atoms with Crippen molar-refractivity contribution in [1.29, 1.82) is 0 Å². The number of hydrogen-bond acceptors (Lipinski definition) is 3. The number of nitrogens with one attached hydrogen (secondary N) is 1. The Morgan fingerprint density at radius 1 is 1.23 bits per heavy atom. The topological polar surface area (TPSA) is 41.5 Å². The molecule has 1 aromatic rings.